The topological polar surface area (TPSA) is 85.8 Å². The fraction of sp³-hybridized carbons (Fsp3) is 0.417. The molecule has 0 aliphatic carbocycles. The molecule has 2 aromatic rings. The van der Waals surface area contributed by atoms with Crippen LogP contribution in [0.15, 0.2) is 36.4 Å². The molecule has 0 saturated carbocycles. The molecule has 7 heteroatoms. The lowest BCUT2D eigenvalue weighted by atomic mass is 9.77. The van der Waals surface area contributed by atoms with Crippen molar-refractivity contribution in [3.63, 3.8) is 0 Å². The van der Waals surface area contributed by atoms with E-state index in [9.17, 15) is 14.4 Å². The number of pyridine rings is 1. The Kier molecular flexibility index (Phi) is 6.73. The van der Waals surface area contributed by atoms with E-state index < -0.39 is 11.5 Å². The van der Waals surface area contributed by atoms with Crippen molar-refractivity contribution in [3.8, 4) is 0 Å². The number of fused-ring (bicyclic) bond motifs is 1. The van der Waals surface area contributed by atoms with Crippen molar-refractivity contribution in [1.29, 1.82) is 0 Å². The molecule has 1 aliphatic heterocycles. The number of hydrogen-bond acceptors (Lipinski definition) is 6. The van der Waals surface area contributed by atoms with Gasteiger partial charge in [-0.15, -0.1) is 0 Å². The van der Waals surface area contributed by atoms with Gasteiger partial charge in [0.25, 0.3) is 0 Å². The minimum atomic E-state index is -0.755. The number of carbonyl (C=O) groups is 3. The van der Waals surface area contributed by atoms with Gasteiger partial charge in [-0.05, 0) is 37.5 Å². The summed E-state index contributed by atoms with van der Waals surface area (Å²) in [5, 5.41) is 0.966. The van der Waals surface area contributed by atoms with Crippen LogP contribution in [0.25, 0.3) is 17.0 Å². The van der Waals surface area contributed by atoms with Crippen LogP contribution in [0, 0.1) is 5.41 Å². The molecule has 0 N–H and O–H groups in total. The Morgan fingerprint density at radius 2 is 1.81 bits per heavy atom. The highest BCUT2D eigenvalue weighted by atomic mass is 16.5. The lowest BCUT2D eigenvalue weighted by Gasteiger charge is -2.37. The summed E-state index contributed by atoms with van der Waals surface area (Å²) in [5.74, 6) is -0.625. The van der Waals surface area contributed by atoms with Crippen LogP contribution >= 0.6 is 0 Å². The zero-order chi connectivity index (χ0) is 22.6. The van der Waals surface area contributed by atoms with Crippen LogP contribution in [0.4, 0.5) is 0 Å². The lowest BCUT2D eigenvalue weighted by molar-refractivity contribution is -0.153. The summed E-state index contributed by atoms with van der Waals surface area (Å²) in [4.78, 5) is 41.8. The van der Waals surface area contributed by atoms with Gasteiger partial charge in [0.2, 0.25) is 5.91 Å². The van der Waals surface area contributed by atoms with E-state index in [1.165, 1.54) is 14.0 Å². The van der Waals surface area contributed by atoms with Gasteiger partial charge in [-0.2, -0.15) is 0 Å². The average Bonchev–Trinajstić information content (AvgIpc) is 2.76. The summed E-state index contributed by atoms with van der Waals surface area (Å²) >= 11 is 0. The molecule has 0 bridgehead atoms. The van der Waals surface area contributed by atoms with Crippen molar-refractivity contribution in [2.45, 2.75) is 39.7 Å². The number of ether oxygens (including phenoxy) is 2. The maximum Gasteiger partial charge on any atom is 0.315 e. The van der Waals surface area contributed by atoms with E-state index in [-0.39, 0.29) is 17.8 Å². The molecule has 0 spiro atoms. The van der Waals surface area contributed by atoms with Gasteiger partial charge in [0.05, 0.1) is 23.7 Å². The van der Waals surface area contributed by atoms with E-state index in [1.807, 2.05) is 42.5 Å². The lowest BCUT2D eigenvalue weighted by Crippen LogP contribution is -2.45. The standard InChI is InChI=1S/C24H28N2O5/c1-16(31-18(3)28)21-8-7-20-6-5-19(15-22(20)25-21)9-10-24(23(29)30-4)11-13-26(14-12-24)17(2)27/h5-10,15-16H,11-14H2,1-4H3/t16-/m1/s1. The highest BCUT2D eigenvalue weighted by molar-refractivity contribution is 5.84. The van der Waals surface area contributed by atoms with Crippen LogP contribution in [-0.4, -0.2) is 47.9 Å². The molecule has 1 saturated heterocycles. The molecule has 0 unspecified atom stereocenters. The third-order valence-electron chi connectivity index (χ3n) is 5.78. The van der Waals surface area contributed by atoms with E-state index in [4.69, 9.17) is 9.47 Å². The second kappa shape index (κ2) is 9.29. The van der Waals surface area contributed by atoms with Gasteiger partial charge in [-0.3, -0.25) is 14.4 Å². The Morgan fingerprint density at radius 1 is 1.13 bits per heavy atom. The van der Waals surface area contributed by atoms with Gasteiger partial charge in [-0.25, -0.2) is 4.98 Å². The summed E-state index contributed by atoms with van der Waals surface area (Å²) in [6.07, 6.45) is 4.40. The van der Waals surface area contributed by atoms with Crippen LogP contribution in [-0.2, 0) is 23.9 Å². The first kappa shape index (κ1) is 22.5. The van der Waals surface area contributed by atoms with Crippen molar-refractivity contribution in [1.82, 2.24) is 9.88 Å². The molecular weight excluding hydrogens is 396 g/mol. The SMILES string of the molecule is COC(=O)C1(C=Cc2ccc3ccc([C@@H](C)OC(C)=O)nc3c2)CCN(C(C)=O)CC1. The maximum absolute atomic E-state index is 12.6. The second-order valence-corrected chi connectivity index (χ2v) is 7.93. The van der Waals surface area contributed by atoms with E-state index in [0.29, 0.717) is 31.6 Å². The first-order chi connectivity index (χ1) is 14.7. The number of likely N-dealkylation sites (tertiary alicyclic amines) is 1. The summed E-state index contributed by atoms with van der Waals surface area (Å²) in [7, 11) is 1.39. The Hall–Kier alpha value is -3.22. The Balaban J connectivity index is 1.86. The molecule has 1 atom stereocenters. The molecule has 1 fully saturated rings. The molecule has 0 radical (unpaired) electrons. The van der Waals surface area contributed by atoms with E-state index in [1.54, 1.807) is 18.7 Å². The summed E-state index contributed by atoms with van der Waals surface area (Å²) < 4.78 is 10.3. The van der Waals surface area contributed by atoms with Crippen molar-refractivity contribution in [3.05, 3.63) is 47.7 Å². The Bertz CT molecular complexity index is 1020. The monoisotopic (exact) mass is 424 g/mol. The predicted octanol–water partition coefficient (Wildman–Crippen LogP) is 3.67. The quantitative estimate of drug-likeness (QED) is 0.681. The summed E-state index contributed by atoms with van der Waals surface area (Å²) in [6, 6.07) is 9.65. The van der Waals surface area contributed by atoms with Crippen LogP contribution in [0.3, 0.4) is 0 Å². The minimum Gasteiger partial charge on any atom is -0.468 e. The van der Waals surface area contributed by atoms with E-state index >= 15 is 0 Å². The van der Waals surface area contributed by atoms with Gasteiger partial charge in [-0.1, -0.05) is 30.4 Å². The molecule has 1 aromatic heterocycles. The molecule has 164 valence electrons. The molecule has 1 aliphatic rings. The maximum atomic E-state index is 12.6. The number of piperidine rings is 1. The molecule has 7 nitrogen and oxygen atoms in total. The number of carbonyl (C=O) groups excluding carboxylic acids is 3. The van der Waals surface area contributed by atoms with Crippen molar-refractivity contribution in [2.24, 2.45) is 5.41 Å². The number of rotatable bonds is 5. The summed E-state index contributed by atoms with van der Waals surface area (Å²) in [6.45, 7) is 5.74. The molecule has 31 heavy (non-hydrogen) atoms. The fourth-order valence-electron chi connectivity index (χ4n) is 3.91. The first-order valence-corrected chi connectivity index (χ1v) is 10.4. The summed E-state index contributed by atoms with van der Waals surface area (Å²) in [5.41, 5.74) is 1.59. The van der Waals surface area contributed by atoms with Crippen LogP contribution < -0.4 is 0 Å². The molecule has 2 heterocycles. The third-order valence-corrected chi connectivity index (χ3v) is 5.78. The second-order valence-electron chi connectivity index (χ2n) is 7.93. The number of benzene rings is 1. The molecule has 1 aromatic carbocycles. The van der Waals surface area contributed by atoms with Crippen LogP contribution in [0.1, 0.15) is 51.0 Å². The van der Waals surface area contributed by atoms with Crippen molar-refractivity contribution < 1.29 is 23.9 Å². The fourth-order valence-corrected chi connectivity index (χ4v) is 3.91. The van der Waals surface area contributed by atoms with E-state index in [2.05, 4.69) is 4.98 Å². The average molecular weight is 424 g/mol. The molecular formula is C24H28N2O5. The van der Waals surface area contributed by atoms with Crippen molar-refractivity contribution >= 4 is 34.8 Å². The van der Waals surface area contributed by atoms with Gasteiger partial charge in [0, 0.05) is 32.3 Å². The normalized spacial score (nSPS) is 16.8. The number of nitrogens with zero attached hydrogens (tertiary/aromatic N) is 2. The number of hydrogen-bond donors (Lipinski definition) is 0. The van der Waals surface area contributed by atoms with Gasteiger partial charge in [0.15, 0.2) is 0 Å². The highest BCUT2D eigenvalue weighted by Crippen LogP contribution is 2.35. The highest BCUT2D eigenvalue weighted by Gasteiger charge is 2.40. The zero-order valence-electron chi connectivity index (χ0n) is 18.4. The number of aromatic nitrogens is 1. The largest absolute Gasteiger partial charge is 0.468 e. The Labute approximate surface area is 182 Å². The number of esters is 2. The number of amides is 1. The van der Waals surface area contributed by atoms with Crippen LogP contribution in [0.2, 0.25) is 0 Å². The van der Waals surface area contributed by atoms with Crippen molar-refractivity contribution in [2.75, 3.05) is 20.2 Å². The smallest absolute Gasteiger partial charge is 0.315 e. The predicted molar refractivity (Wildman–Crippen MR) is 117 cm³/mol. The third kappa shape index (κ3) is 5.10. The minimum absolute atomic E-state index is 0.0156. The van der Waals surface area contributed by atoms with Gasteiger partial charge >= 0.3 is 11.9 Å². The van der Waals surface area contributed by atoms with Gasteiger partial charge < -0.3 is 14.4 Å². The molecule has 1 amide bonds. The van der Waals surface area contributed by atoms with E-state index in [0.717, 1.165) is 16.5 Å². The number of methoxy groups -OCH3 is 1. The Morgan fingerprint density at radius 3 is 2.42 bits per heavy atom. The van der Waals surface area contributed by atoms with Gasteiger partial charge in [0.1, 0.15) is 6.10 Å². The molecule has 3 rings (SSSR count). The zero-order valence-corrected chi connectivity index (χ0v) is 18.4. The van der Waals surface area contributed by atoms with Crippen LogP contribution in [0.5, 0.6) is 0 Å². The first-order valence-electron chi connectivity index (χ1n) is 10.4.